The van der Waals surface area contributed by atoms with Gasteiger partial charge in [-0.1, -0.05) is 51.1 Å². The summed E-state index contributed by atoms with van der Waals surface area (Å²) in [5, 5.41) is 3.44. The van der Waals surface area contributed by atoms with Crippen molar-refractivity contribution in [2.75, 3.05) is 7.05 Å². The number of rotatable bonds is 6. The van der Waals surface area contributed by atoms with Crippen molar-refractivity contribution in [1.29, 1.82) is 0 Å². The van der Waals surface area contributed by atoms with Crippen LogP contribution in [0.15, 0.2) is 30.3 Å². The summed E-state index contributed by atoms with van der Waals surface area (Å²) < 4.78 is 0. The fraction of sp³-hybridized carbons (Fsp3) is 0.600. The molecule has 0 heterocycles. The van der Waals surface area contributed by atoms with Crippen LogP contribution >= 0.6 is 0 Å². The zero-order valence-corrected chi connectivity index (χ0v) is 11.0. The lowest BCUT2D eigenvalue weighted by Gasteiger charge is -2.27. The van der Waals surface area contributed by atoms with Crippen LogP contribution in [0.2, 0.25) is 0 Å². The Kier molecular flexibility index (Phi) is 5.54. The highest BCUT2D eigenvalue weighted by molar-refractivity contribution is 5.14. The van der Waals surface area contributed by atoms with Gasteiger partial charge in [0.05, 0.1) is 0 Å². The Morgan fingerprint density at radius 3 is 2.19 bits per heavy atom. The van der Waals surface area contributed by atoms with E-state index in [1.54, 1.807) is 0 Å². The minimum absolute atomic E-state index is 0.628. The van der Waals surface area contributed by atoms with Crippen molar-refractivity contribution in [2.45, 2.75) is 39.7 Å². The molecule has 0 spiro atoms. The Labute approximate surface area is 100 Å². The highest BCUT2D eigenvalue weighted by atomic mass is 14.9. The van der Waals surface area contributed by atoms with Gasteiger partial charge in [0.2, 0.25) is 0 Å². The van der Waals surface area contributed by atoms with Crippen molar-refractivity contribution < 1.29 is 0 Å². The number of hydrogen-bond acceptors (Lipinski definition) is 1. The smallest absolute Gasteiger partial charge is 0.0113 e. The molecule has 90 valence electrons. The van der Waals surface area contributed by atoms with Gasteiger partial charge in [-0.05, 0) is 37.3 Å². The molecule has 0 aliphatic carbocycles. The van der Waals surface area contributed by atoms with Crippen LogP contribution in [0.4, 0.5) is 0 Å². The Balaban J connectivity index is 2.43. The Morgan fingerprint density at radius 1 is 1.06 bits per heavy atom. The van der Waals surface area contributed by atoms with Crippen molar-refractivity contribution in [3.8, 4) is 0 Å². The summed E-state index contributed by atoms with van der Waals surface area (Å²) in [6.45, 7) is 6.93. The fourth-order valence-electron chi connectivity index (χ4n) is 2.49. The van der Waals surface area contributed by atoms with Crippen molar-refractivity contribution >= 4 is 0 Å². The second-order valence-electron chi connectivity index (χ2n) is 5.06. The largest absolute Gasteiger partial charge is 0.316 e. The second kappa shape index (κ2) is 6.70. The summed E-state index contributed by atoms with van der Waals surface area (Å²) in [5.74, 6) is 1.43. The SMILES string of the molecule is CNC(C(C)C)C(C)CCc1ccccc1. The molecule has 0 fully saturated rings. The first-order chi connectivity index (χ1) is 7.65. The second-order valence-corrected chi connectivity index (χ2v) is 5.06. The molecule has 1 heteroatoms. The number of hydrogen-bond donors (Lipinski definition) is 1. The van der Waals surface area contributed by atoms with Gasteiger partial charge in [0, 0.05) is 6.04 Å². The minimum Gasteiger partial charge on any atom is -0.316 e. The first kappa shape index (κ1) is 13.2. The Bertz CT molecular complexity index is 279. The summed E-state index contributed by atoms with van der Waals surface area (Å²) in [5.41, 5.74) is 1.45. The topological polar surface area (TPSA) is 12.0 Å². The molecular weight excluding hydrogens is 194 g/mol. The number of aryl methyl sites for hydroxylation is 1. The van der Waals surface area contributed by atoms with Crippen LogP contribution in [0.5, 0.6) is 0 Å². The van der Waals surface area contributed by atoms with Crippen LogP contribution in [0, 0.1) is 11.8 Å². The maximum atomic E-state index is 3.44. The molecule has 0 aliphatic rings. The van der Waals surface area contributed by atoms with E-state index in [2.05, 4.69) is 63.5 Å². The van der Waals surface area contributed by atoms with Crippen LogP contribution in [0.1, 0.15) is 32.8 Å². The summed E-state index contributed by atoms with van der Waals surface area (Å²) in [4.78, 5) is 0. The van der Waals surface area contributed by atoms with E-state index in [0.717, 1.165) is 5.92 Å². The summed E-state index contributed by atoms with van der Waals surface area (Å²) >= 11 is 0. The normalized spacial score (nSPS) is 15.1. The maximum absolute atomic E-state index is 3.44. The lowest BCUT2D eigenvalue weighted by molar-refractivity contribution is 0.302. The van der Waals surface area contributed by atoms with Gasteiger partial charge in [-0.2, -0.15) is 0 Å². The fourth-order valence-corrected chi connectivity index (χ4v) is 2.49. The molecule has 0 aliphatic heterocycles. The van der Waals surface area contributed by atoms with Gasteiger partial charge in [-0.15, -0.1) is 0 Å². The lowest BCUT2D eigenvalue weighted by Crippen LogP contribution is -2.37. The molecular formula is C15H25N. The van der Waals surface area contributed by atoms with E-state index < -0.39 is 0 Å². The van der Waals surface area contributed by atoms with Gasteiger partial charge in [-0.25, -0.2) is 0 Å². The highest BCUT2D eigenvalue weighted by Crippen LogP contribution is 2.18. The minimum atomic E-state index is 0.628. The molecule has 0 amide bonds. The zero-order chi connectivity index (χ0) is 12.0. The van der Waals surface area contributed by atoms with E-state index in [4.69, 9.17) is 0 Å². The molecule has 0 saturated carbocycles. The molecule has 0 aromatic heterocycles. The molecule has 2 atom stereocenters. The molecule has 1 aromatic rings. The molecule has 16 heavy (non-hydrogen) atoms. The lowest BCUT2D eigenvalue weighted by atomic mass is 9.87. The third-order valence-electron chi connectivity index (χ3n) is 3.40. The van der Waals surface area contributed by atoms with Crippen molar-refractivity contribution in [2.24, 2.45) is 11.8 Å². The number of benzene rings is 1. The van der Waals surface area contributed by atoms with Gasteiger partial charge < -0.3 is 5.32 Å². The van der Waals surface area contributed by atoms with Crippen LogP contribution in [-0.4, -0.2) is 13.1 Å². The van der Waals surface area contributed by atoms with Crippen molar-refractivity contribution in [3.63, 3.8) is 0 Å². The van der Waals surface area contributed by atoms with Gasteiger partial charge in [0.1, 0.15) is 0 Å². The van der Waals surface area contributed by atoms with Crippen LogP contribution in [0.25, 0.3) is 0 Å². The van der Waals surface area contributed by atoms with E-state index in [1.165, 1.54) is 18.4 Å². The summed E-state index contributed by atoms with van der Waals surface area (Å²) in [7, 11) is 2.07. The predicted molar refractivity (Wildman–Crippen MR) is 71.6 cm³/mol. The van der Waals surface area contributed by atoms with Gasteiger partial charge in [0.25, 0.3) is 0 Å². The molecule has 1 N–H and O–H groups in total. The Morgan fingerprint density at radius 2 is 1.69 bits per heavy atom. The average molecular weight is 219 g/mol. The summed E-state index contributed by atoms with van der Waals surface area (Å²) in [6.07, 6.45) is 2.45. The third kappa shape index (κ3) is 3.97. The quantitative estimate of drug-likeness (QED) is 0.772. The van der Waals surface area contributed by atoms with Crippen LogP contribution in [-0.2, 0) is 6.42 Å². The van der Waals surface area contributed by atoms with E-state index >= 15 is 0 Å². The van der Waals surface area contributed by atoms with E-state index in [0.29, 0.717) is 12.0 Å². The van der Waals surface area contributed by atoms with Gasteiger partial charge in [0.15, 0.2) is 0 Å². The first-order valence-corrected chi connectivity index (χ1v) is 6.36. The highest BCUT2D eigenvalue weighted by Gasteiger charge is 2.18. The van der Waals surface area contributed by atoms with Crippen LogP contribution in [0.3, 0.4) is 0 Å². The van der Waals surface area contributed by atoms with Crippen molar-refractivity contribution in [1.82, 2.24) is 5.32 Å². The van der Waals surface area contributed by atoms with Gasteiger partial charge >= 0.3 is 0 Å². The monoisotopic (exact) mass is 219 g/mol. The molecule has 0 saturated heterocycles. The van der Waals surface area contributed by atoms with Crippen molar-refractivity contribution in [3.05, 3.63) is 35.9 Å². The van der Waals surface area contributed by atoms with Gasteiger partial charge in [-0.3, -0.25) is 0 Å². The molecule has 2 unspecified atom stereocenters. The van der Waals surface area contributed by atoms with E-state index in [1.807, 2.05) is 0 Å². The van der Waals surface area contributed by atoms with E-state index in [-0.39, 0.29) is 0 Å². The average Bonchev–Trinajstić information content (AvgIpc) is 2.28. The third-order valence-corrected chi connectivity index (χ3v) is 3.40. The predicted octanol–water partition coefficient (Wildman–Crippen LogP) is 3.50. The number of nitrogens with one attached hydrogen (secondary N) is 1. The van der Waals surface area contributed by atoms with Crippen LogP contribution < -0.4 is 5.32 Å². The first-order valence-electron chi connectivity index (χ1n) is 6.36. The standard InChI is InChI=1S/C15H25N/c1-12(2)15(16-4)13(3)10-11-14-8-6-5-7-9-14/h5-9,12-13,15-16H,10-11H2,1-4H3. The van der Waals surface area contributed by atoms with E-state index in [9.17, 15) is 0 Å². The molecule has 0 bridgehead atoms. The Hall–Kier alpha value is -0.820. The molecule has 0 radical (unpaired) electrons. The maximum Gasteiger partial charge on any atom is 0.0113 e. The molecule has 1 rings (SSSR count). The summed E-state index contributed by atoms with van der Waals surface area (Å²) in [6, 6.07) is 11.4. The molecule has 1 aromatic carbocycles. The zero-order valence-electron chi connectivity index (χ0n) is 11.0. The molecule has 1 nitrogen and oxygen atoms in total.